The molecule has 7 heteroatoms. The molecule has 0 unspecified atom stereocenters. The summed E-state index contributed by atoms with van der Waals surface area (Å²) in [6, 6.07) is 10.3. The van der Waals surface area contributed by atoms with Crippen LogP contribution in [0.5, 0.6) is 0 Å². The lowest BCUT2D eigenvalue weighted by atomic mass is 10.2. The molecule has 2 N–H and O–H groups in total. The second-order valence-electron chi connectivity index (χ2n) is 5.10. The molecule has 2 aromatic carbocycles. The van der Waals surface area contributed by atoms with Crippen molar-refractivity contribution in [3.8, 4) is 0 Å². The van der Waals surface area contributed by atoms with Crippen molar-refractivity contribution in [2.75, 3.05) is 4.72 Å². The van der Waals surface area contributed by atoms with Crippen LogP contribution >= 0.6 is 11.3 Å². The van der Waals surface area contributed by atoms with E-state index in [2.05, 4.69) is 9.71 Å². The zero-order chi connectivity index (χ0) is 15.9. The molecule has 0 radical (unpaired) electrons. The van der Waals surface area contributed by atoms with E-state index in [0.717, 1.165) is 16.9 Å². The normalized spacial score (nSPS) is 11.7. The van der Waals surface area contributed by atoms with Crippen LogP contribution in [0.1, 0.15) is 11.1 Å². The molecule has 114 valence electrons. The van der Waals surface area contributed by atoms with Crippen LogP contribution in [-0.4, -0.2) is 13.4 Å². The zero-order valence-corrected chi connectivity index (χ0v) is 13.6. The number of hydrogen-bond acceptors (Lipinski definition) is 4. The number of nitrogens with one attached hydrogen (secondary N) is 2. The summed E-state index contributed by atoms with van der Waals surface area (Å²) in [5.41, 5.74) is 2.70. The van der Waals surface area contributed by atoms with E-state index in [-0.39, 0.29) is 9.77 Å². The first-order chi connectivity index (χ1) is 10.3. The average molecular weight is 334 g/mol. The molecule has 0 atom stereocenters. The summed E-state index contributed by atoms with van der Waals surface area (Å²) in [5, 5.41) is 0. The van der Waals surface area contributed by atoms with Gasteiger partial charge in [-0.05, 0) is 49.2 Å². The van der Waals surface area contributed by atoms with Crippen molar-refractivity contribution in [1.29, 1.82) is 0 Å². The fraction of sp³-hybridized carbons (Fsp3) is 0.133. The Hall–Kier alpha value is -2.12. The minimum absolute atomic E-state index is 0.162. The molecule has 0 saturated heterocycles. The van der Waals surface area contributed by atoms with Gasteiger partial charge in [-0.3, -0.25) is 9.52 Å². The van der Waals surface area contributed by atoms with Crippen molar-refractivity contribution in [3.05, 3.63) is 57.2 Å². The van der Waals surface area contributed by atoms with Crippen LogP contribution in [0.15, 0.2) is 46.1 Å². The molecule has 5 nitrogen and oxygen atoms in total. The summed E-state index contributed by atoms with van der Waals surface area (Å²) in [7, 11) is -3.66. The van der Waals surface area contributed by atoms with Gasteiger partial charge in [-0.1, -0.05) is 23.5 Å². The average Bonchev–Trinajstić information content (AvgIpc) is 2.80. The summed E-state index contributed by atoms with van der Waals surface area (Å²) in [4.78, 5) is 14.1. The highest BCUT2D eigenvalue weighted by molar-refractivity contribution is 7.92. The lowest BCUT2D eigenvalue weighted by Crippen LogP contribution is -2.14. The van der Waals surface area contributed by atoms with Crippen molar-refractivity contribution in [2.45, 2.75) is 18.7 Å². The van der Waals surface area contributed by atoms with Crippen molar-refractivity contribution in [1.82, 2.24) is 4.98 Å². The van der Waals surface area contributed by atoms with E-state index in [0.29, 0.717) is 21.5 Å². The predicted octanol–water partition coefficient (Wildman–Crippen LogP) is 3.01. The monoisotopic (exact) mass is 334 g/mol. The first-order valence-corrected chi connectivity index (χ1v) is 8.88. The topological polar surface area (TPSA) is 79.0 Å². The van der Waals surface area contributed by atoms with E-state index < -0.39 is 10.0 Å². The van der Waals surface area contributed by atoms with E-state index in [1.807, 2.05) is 13.0 Å². The molecule has 3 aromatic rings. The van der Waals surface area contributed by atoms with Crippen LogP contribution in [0.25, 0.3) is 10.2 Å². The van der Waals surface area contributed by atoms with Gasteiger partial charge in [0.15, 0.2) is 0 Å². The molecule has 3 rings (SSSR count). The summed E-state index contributed by atoms with van der Waals surface area (Å²) >= 11 is 1.05. The molecule has 22 heavy (non-hydrogen) atoms. The van der Waals surface area contributed by atoms with E-state index >= 15 is 0 Å². The van der Waals surface area contributed by atoms with Crippen molar-refractivity contribution < 1.29 is 8.42 Å². The number of thiazole rings is 1. The zero-order valence-electron chi connectivity index (χ0n) is 12.0. The fourth-order valence-electron chi connectivity index (χ4n) is 2.22. The van der Waals surface area contributed by atoms with Gasteiger partial charge >= 0.3 is 4.87 Å². The van der Waals surface area contributed by atoms with Gasteiger partial charge in [0.2, 0.25) is 0 Å². The van der Waals surface area contributed by atoms with Crippen molar-refractivity contribution >= 4 is 37.3 Å². The van der Waals surface area contributed by atoms with Crippen LogP contribution in [0, 0.1) is 13.8 Å². The molecule has 0 saturated carbocycles. The van der Waals surface area contributed by atoms with Crippen LogP contribution < -0.4 is 9.60 Å². The summed E-state index contributed by atoms with van der Waals surface area (Å²) < 4.78 is 28.4. The van der Waals surface area contributed by atoms with Crippen LogP contribution in [0.2, 0.25) is 0 Å². The Bertz CT molecular complexity index is 1020. The number of benzene rings is 2. The van der Waals surface area contributed by atoms with Crippen molar-refractivity contribution in [3.63, 3.8) is 0 Å². The second kappa shape index (κ2) is 5.26. The van der Waals surface area contributed by atoms with Crippen LogP contribution in [0.3, 0.4) is 0 Å². The summed E-state index contributed by atoms with van der Waals surface area (Å²) in [6.45, 7) is 3.61. The molecule has 0 amide bonds. The molecule has 1 heterocycles. The lowest BCUT2D eigenvalue weighted by Gasteiger charge is -2.11. The third-order valence-electron chi connectivity index (χ3n) is 3.31. The first kappa shape index (κ1) is 14.8. The van der Waals surface area contributed by atoms with Gasteiger partial charge in [0, 0.05) is 0 Å². The first-order valence-electron chi connectivity index (χ1n) is 6.58. The molecule has 0 fully saturated rings. The van der Waals surface area contributed by atoms with Gasteiger partial charge in [-0.25, -0.2) is 8.42 Å². The number of anilines is 1. The Kier molecular flexibility index (Phi) is 3.54. The van der Waals surface area contributed by atoms with E-state index in [1.165, 1.54) is 0 Å². The molecular weight excluding hydrogens is 320 g/mol. The Labute approximate surface area is 131 Å². The van der Waals surface area contributed by atoms with E-state index in [9.17, 15) is 13.2 Å². The highest BCUT2D eigenvalue weighted by atomic mass is 32.2. The molecule has 0 aliphatic carbocycles. The fourth-order valence-corrected chi connectivity index (χ4v) is 4.37. The van der Waals surface area contributed by atoms with Gasteiger partial charge in [-0.15, -0.1) is 0 Å². The third kappa shape index (κ3) is 2.77. The number of rotatable bonds is 3. The molecule has 0 aliphatic rings. The second-order valence-corrected chi connectivity index (χ2v) is 7.77. The number of sulfonamides is 1. The van der Waals surface area contributed by atoms with Gasteiger partial charge in [0.25, 0.3) is 10.0 Å². The van der Waals surface area contributed by atoms with Crippen molar-refractivity contribution in [2.24, 2.45) is 0 Å². The maximum Gasteiger partial charge on any atom is 0.305 e. The maximum atomic E-state index is 12.5. The third-order valence-corrected chi connectivity index (χ3v) is 5.67. The maximum absolute atomic E-state index is 12.5. The number of H-pyrrole nitrogens is 1. The Morgan fingerprint density at radius 1 is 1.09 bits per heavy atom. The number of aryl methyl sites for hydroxylation is 2. The summed E-state index contributed by atoms with van der Waals surface area (Å²) in [5.74, 6) is 0. The minimum atomic E-state index is -3.66. The van der Waals surface area contributed by atoms with Gasteiger partial charge in [-0.2, -0.15) is 0 Å². The SMILES string of the molecule is Cc1ccc(C)c(S(=O)(=O)Nc2ccc3[nH]c(=O)sc3c2)c1. The van der Waals surface area contributed by atoms with E-state index in [4.69, 9.17) is 0 Å². The molecule has 0 bridgehead atoms. The smallest absolute Gasteiger partial charge is 0.305 e. The lowest BCUT2D eigenvalue weighted by molar-refractivity contribution is 0.600. The Morgan fingerprint density at radius 3 is 2.64 bits per heavy atom. The Balaban J connectivity index is 2.02. The van der Waals surface area contributed by atoms with Crippen LogP contribution in [-0.2, 0) is 10.0 Å². The van der Waals surface area contributed by atoms with Gasteiger partial charge in [0.1, 0.15) is 0 Å². The Morgan fingerprint density at radius 2 is 1.86 bits per heavy atom. The highest BCUT2D eigenvalue weighted by Crippen LogP contribution is 2.24. The molecular formula is C15H14N2O3S2. The minimum Gasteiger partial charge on any atom is -0.312 e. The predicted molar refractivity (Wildman–Crippen MR) is 89.2 cm³/mol. The standard InChI is InChI=1S/C15H14N2O3S2/c1-9-3-4-10(2)14(7-9)22(19,20)17-11-5-6-12-13(8-11)21-15(18)16-12/h3-8,17H,1-2H3,(H,16,18). The summed E-state index contributed by atoms with van der Waals surface area (Å²) in [6.07, 6.45) is 0. The van der Waals surface area contributed by atoms with Gasteiger partial charge in [0.05, 0.1) is 20.8 Å². The number of aromatic amines is 1. The molecule has 0 spiro atoms. The molecule has 0 aliphatic heterocycles. The quantitative estimate of drug-likeness (QED) is 0.773. The largest absolute Gasteiger partial charge is 0.312 e. The number of hydrogen-bond donors (Lipinski definition) is 2. The number of fused-ring (bicyclic) bond motifs is 1. The van der Waals surface area contributed by atoms with Gasteiger partial charge < -0.3 is 4.98 Å². The number of aromatic nitrogens is 1. The van der Waals surface area contributed by atoms with Crippen LogP contribution in [0.4, 0.5) is 5.69 Å². The molecule has 1 aromatic heterocycles. The highest BCUT2D eigenvalue weighted by Gasteiger charge is 2.17. The van der Waals surface area contributed by atoms with E-state index in [1.54, 1.807) is 37.3 Å².